The summed E-state index contributed by atoms with van der Waals surface area (Å²) in [6.45, 7) is 0. The van der Waals surface area contributed by atoms with Crippen molar-refractivity contribution in [2.75, 3.05) is 5.32 Å². The molecule has 0 spiro atoms. The third kappa shape index (κ3) is 5.17. The summed E-state index contributed by atoms with van der Waals surface area (Å²) in [7, 11) is 0. The van der Waals surface area contributed by atoms with Crippen LogP contribution in [0, 0.1) is 0 Å². The molecule has 2 amide bonds. The zero-order chi connectivity index (χ0) is 20.8. The van der Waals surface area contributed by atoms with E-state index in [9.17, 15) is 9.59 Å². The van der Waals surface area contributed by atoms with Crippen LogP contribution in [0.2, 0.25) is 0 Å². The van der Waals surface area contributed by atoms with Gasteiger partial charge >= 0.3 is 6.09 Å². The van der Waals surface area contributed by atoms with Crippen LogP contribution >= 0.6 is 0 Å². The SMILES string of the molecule is O=C(Cc1cccc2ccccc12)N[C@@H]1CCC[C@@H](OC(=O)Nc2ccccc2)C1. The van der Waals surface area contributed by atoms with Crippen molar-refractivity contribution in [1.29, 1.82) is 0 Å². The summed E-state index contributed by atoms with van der Waals surface area (Å²) >= 11 is 0. The number of carbonyl (C=O) groups is 2. The first kappa shape index (κ1) is 20.0. The Morgan fingerprint density at radius 1 is 0.900 bits per heavy atom. The number of para-hydroxylation sites is 1. The quantitative estimate of drug-likeness (QED) is 0.627. The Hall–Kier alpha value is -3.34. The first-order valence-corrected chi connectivity index (χ1v) is 10.5. The topological polar surface area (TPSA) is 67.4 Å². The maximum atomic E-state index is 12.7. The molecular formula is C25H26N2O3. The third-order valence-electron chi connectivity index (χ3n) is 5.52. The van der Waals surface area contributed by atoms with Crippen molar-refractivity contribution in [3.05, 3.63) is 78.4 Å². The Kier molecular flexibility index (Phi) is 6.28. The zero-order valence-corrected chi connectivity index (χ0v) is 16.8. The van der Waals surface area contributed by atoms with E-state index in [1.807, 2.05) is 60.7 Å². The van der Waals surface area contributed by atoms with Gasteiger partial charge in [0.25, 0.3) is 0 Å². The molecule has 1 aliphatic carbocycles. The second kappa shape index (κ2) is 9.44. The van der Waals surface area contributed by atoms with Crippen LogP contribution in [0.1, 0.15) is 31.2 Å². The molecule has 0 bridgehead atoms. The van der Waals surface area contributed by atoms with Crippen LogP contribution in [-0.4, -0.2) is 24.1 Å². The Labute approximate surface area is 176 Å². The van der Waals surface area contributed by atoms with Crippen molar-refractivity contribution in [3.8, 4) is 0 Å². The van der Waals surface area contributed by atoms with Crippen molar-refractivity contribution in [2.45, 2.75) is 44.2 Å². The molecule has 0 radical (unpaired) electrons. The van der Waals surface area contributed by atoms with Gasteiger partial charge in [-0.1, -0.05) is 60.7 Å². The predicted octanol–water partition coefficient (Wildman–Crippen LogP) is 5.06. The monoisotopic (exact) mass is 402 g/mol. The van der Waals surface area contributed by atoms with Gasteiger partial charge in [0, 0.05) is 18.2 Å². The summed E-state index contributed by atoms with van der Waals surface area (Å²) in [5.41, 5.74) is 1.73. The molecule has 5 nitrogen and oxygen atoms in total. The van der Waals surface area contributed by atoms with Crippen LogP contribution in [0.25, 0.3) is 10.8 Å². The highest BCUT2D eigenvalue weighted by molar-refractivity contribution is 5.90. The average molecular weight is 402 g/mol. The van der Waals surface area contributed by atoms with E-state index in [0.717, 1.165) is 35.6 Å². The van der Waals surface area contributed by atoms with Crippen molar-refractivity contribution in [1.82, 2.24) is 5.32 Å². The zero-order valence-electron chi connectivity index (χ0n) is 16.8. The normalized spacial score (nSPS) is 18.5. The van der Waals surface area contributed by atoms with Crippen molar-refractivity contribution < 1.29 is 14.3 Å². The predicted molar refractivity (Wildman–Crippen MR) is 118 cm³/mol. The van der Waals surface area contributed by atoms with E-state index in [1.165, 1.54) is 0 Å². The molecule has 1 fully saturated rings. The van der Waals surface area contributed by atoms with E-state index in [1.54, 1.807) is 0 Å². The van der Waals surface area contributed by atoms with E-state index < -0.39 is 6.09 Å². The molecule has 5 heteroatoms. The maximum Gasteiger partial charge on any atom is 0.411 e. The second-order valence-electron chi connectivity index (χ2n) is 7.76. The Morgan fingerprint density at radius 2 is 1.67 bits per heavy atom. The standard InChI is InChI=1S/C25H26N2O3/c28-24(16-19-10-6-9-18-8-4-5-15-23(18)19)26-21-13-7-14-22(17-21)30-25(29)27-20-11-2-1-3-12-20/h1-6,8-12,15,21-22H,7,13-14,16-17H2,(H,26,28)(H,27,29)/t21-,22-/m1/s1. The van der Waals surface area contributed by atoms with Crippen LogP contribution in [0.4, 0.5) is 10.5 Å². The number of benzene rings is 3. The average Bonchev–Trinajstić information content (AvgIpc) is 2.75. The number of anilines is 1. The van der Waals surface area contributed by atoms with Crippen LogP contribution in [0.15, 0.2) is 72.8 Å². The number of amides is 2. The van der Waals surface area contributed by atoms with Crippen molar-refractivity contribution in [3.63, 3.8) is 0 Å². The molecule has 0 aliphatic heterocycles. The molecule has 0 aromatic heterocycles. The van der Waals surface area contributed by atoms with Gasteiger partial charge in [-0.05, 0) is 47.7 Å². The lowest BCUT2D eigenvalue weighted by molar-refractivity contribution is -0.121. The lowest BCUT2D eigenvalue weighted by Gasteiger charge is -2.29. The maximum absolute atomic E-state index is 12.7. The third-order valence-corrected chi connectivity index (χ3v) is 5.52. The lowest BCUT2D eigenvalue weighted by atomic mass is 9.92. The molecule has 1 saturated carbocycles. The summed E-state index contributed by atoms with van der Waals surface area (Å²) in [5.74, 6) is 0.00531. The smallest absolute Gasteiger partial charge is 0.411 e. The van der Waals surface area contributed by atoms with E-state index in [2.05, 4.69) is 22.8 Å². The van der Waals surface area contributed by atoms with Gasteiger partial charge in [-0.3, -0.25) is 10.1 Å². The first-order valence-electron chi connectivity index (χ1n) is 10.5. The summed E-state index contributed by atoms with van der Waals surface area (Å²) in [6.07, 6.45) is 2.99. The molecule has 0 unspecified atom stereocenters. The molecule has 2 N–H and O–H groups in total. The van der Waals surface area contributed by atoms with Gasteiger partial charge in [-0.15, -0.1) is 0 Å². The molecule has 0 heterocycles. The number of nitrogens with one attached hydrogen (secondary N) is 2. The molecule has 3 aromatic rings. The number of rotatable bonds is 5. The highest BCUT2D eigenvalue weighted by atomic mass is 16.6. The van der Waals surface area contributed by atoms with Crippen LogP contribution < -0.4 is 10.6 Å². The van der Waals surface area contributed by atoms with Gasteiger partial charge in [-0.25, -0.2) is 4.79 Å². The number of ether oxygens (including phenoxy) is 1. The molecule has 3 aromatic carbocycles. The molecule has 0 saturated heterocycles. The molecule has 154 valence electrons. The fourth-order valence-corrected chi connectivity index (χ4v) is 4.10. The number of fused-ring (bicyclic) bond motifs is 1. The fraction of sp³-hybridized carbons (Fsp3) is 0.280. The minimum Gasteiger partial charge on any atom is -0.446 e. The Bertz CT molecular complexity index is 1010. The van der Waals surface area contributed by atoms with Gasteiger partial charge in [-0.2, -0.15) is 0 Å². The van der Waals surface area contributed by atoms with E-state index in [0.29, 0.717) is 18.5 Å². The lowest BCUT2D eigenvalue weighted by Crippen LogP contribution is -2.41. The first-order chi connectivity index (χ1) is 14.7. The van der Waals surface area contributed by atoms with Crippen LogP contribution in [0.5, 0.6) is 0 Å². The van der Waals surface area contributed by atoms with Crippen LogP contribution in [0.3, 0.4) is 0 Å². The van der Waals surface area contributed by atoms with Crippen LogP contribution in [-0.2, 0) is 16.0 Å². The van der Waals surface area contributed by atoms with E-state index in [4.69, 9.17) is 4.74 Å². The van der Waals surface area contributed by atoms with Gasteiger partial charge in [0.2, 0.25) is 5.91 Å². The molecule has 4 rings (SSSR count). The van der Waals surface area contributed by atoms with E-state index in [-0.39, 0.29) is 18.1 Å². The summed E-state index contributed by atoms with van der Waals surface area (Å²) in [5, 5.41) is 8.13. The van der Waals surface area contributed by atoms with Gasteiger partial charge in [0.15, 0.2) is 0 Å². The minimum absolute atomic E-state index is 0.00531. The molecular weight excluding hydrogens is 376 g/mol. The summed E-state index contributed by atoms with van der Waals surface area (Å²) in [6, 6.07) is 23.4. The Morgan fingerprint density at radius 3 is 2.53 bits per heavy atom. The number of hydrogen-bond donors (Lipinski definition) is 2. The second-order valence-corrected chi connectivity index (χ2v) is 7.76. The van der Waals surface area contributed by atoms with Gasteiger partial charge in [0.1, 0.15) is 6.10 Å². The molecule has 30 heavy (non-hydrogen) atoms. The van der Waals surface area contributed by atoms with Crippen molar-refractivity contribution in [2.24, 2.45) is 0 Å². The molecule has 1 aliphatic rings. The van der Waals surface area contributed by atoms with Crippen molar-refractivity contribution >= 4 is 28.5 Å². The number of carbonyl (C=O) groups excluding carboxylic acids is 2. The molecule has 2 atom stereocenters. The fourth-order valence-electron chi connectivity index (χ4n) is 4.10. The van der Waals surface area contributed by atoms with Gasteiger partial charge < -0.3 is 10.1 Å². The summed E-state index contributed by atoms with van der Waals surface area (Å²) < 4.78 is 5.58. The largest absolute Gasteiger partial charge is 0.446 e. The highest BCUT2D eigenvalue weighted by Crippen LogP contribution is 2.23. The van der Waals surface area contributed by atoms with E-state index >= 15 is 0 Å². The van der Waals surface area contributed by atoms with Gasteiger partial charge in [0.05, 0.1) is 6.42 Å². The highest BCUT2D eigenvalue weighted by Gasteiger charge is 2.26. The number of hydrogen-bond acceptors (Lipinski definition) is 3. The summed E-state index contributed by atoms with van der Waals surface area (Å²) in [4.78, 5) is 24.8. The minimum atomic E-state index is -0.450. The Balaban J connectivity index is 1.30.